The van der Waals surface area contributed by atoms with E-state index in [4.69, 9.17) is 19.2 Å². The maximum Gasteiger partial charge on any atom is 0.410 e. The molecule has 1 saturated carbocycles. The molecule has 9 nitrogen and oxygen atoms in total. The number of nitriles is 1. The Labute approximate surface area is 258 Å². The van der Waals surface area contributed by atoms with Gasteiger partial charge in [-0.2, -0.15) is 5.26 Å². The van der Waals surface area contributed by atoms with Crippen LogP contribution in [0.5, 0.6) is 5.75 Å². The Morgan fingerprint density at radius 3 is 2.70 bits per heavy atom. The van der Waals surface area contributed by atoms with Crippen LogP contribution in [-0.4, -0.2) is 54.3 Å². The summed E-state index contributed by atoms with van der Waals surface area (Å²) in [6, 6.07) is 18.2. The smallest absolute Gasteiger partial charge is 0.410 e. The lowest BCUT2D eigenvalue weighted by atomic mass is 9.93. The Kier molecular flexibility index (Phi) is 7.48. The molecule has 1 amide bonds. The zero-order valence-corrected chi connectivity index (χ0v) is 26.0. The largest absolute Gasteiger partial charge is 0.488 e. The predicted octanol–water partition coefficient (Wildman–Crippen LogP) is 5.80. The van der Waals surface area contributed by atoms with E-state index in [1.165, 1.54) is 7.11 Å². The molecule has 2 aromatic carbocycles. The zero-order valence-electron chi connectivity index (χ0n) is 26.0. The SMILES string of the molecule is COC(=O)[C@]12C[C@H]1CN(c1cccc(-c3cccc(C)c3OCc3cc(C#N)c4c(c3)CCN(C(=O)OC(C)(C)C)C4)n1)C2. The van der Waals surface area contributed by atoms with E-state index in [0.717, 1.165) is 58.0 Å². The third kappa shape index (κ3) is 5.57. The number of rotatable bonds is 6. The molecule has 1 aliphatic carbocycles. The van der Waals surface area contributed by atoms with Gasteiger partial charge in [-0.25, -0.2) is 9.78 Å². The Morgan fingerprint density at radius 1 is 1.16 bits per heavy atom. The van der Waals surface area contributed by atoms with Crippen molar-refractivity contribution in [3.63, 3.8) is 0 Å². The molecule has 1 aromatic heterocycles. The molecule has 228 valence electrons. The molecular formula is C35H38N4O5. The molecule has 0 spiro atoms. The third-order valence-corrected chi connectivity index (χ3v) is 8.84. The highest BCUT2D eigenvalue weighted by atomic mass is 16.6. The zero-order chi connectivity index (χ0) is 31.2. The van der Waals surface area contributed by atoms with Gasteiger partial charge < -0.3 is 24.0 Å². The average molecular weight is 595 g/mol. The van der Waals surface area contributed by atoms with Gasteiger partial charge in [0.05, 0.1) is 36.4 Å². The van der Waals surface area contributed by atoms with Crippen LogP contribution in [0.2, 0.25) is 0 Å². The molecule has 2 fully saturated rings. The van der Waals surface area contributed by atoms with Crippen LogP contribution < -0.4 is 9.64 Å². The van der Waals surface area contributed by atoms with Gasteiger partial charge in [0, 0.05) is 25.2 Å². The lowest BCUT2D eigenvalue weighted by Crippen LogP contribution is -2.40. The number of aryl methyl sites for hydroxylation is 1. The van der Waals surface area contributed by atoms with Crippen LogP contribution >= 0.6 is 0 Å². The van der Waals surface area contributed by atoms with E-state index in [2.05, 4.69) is 17.0 Å². The van der Waals surface area contributed by atoms with E-state index < -0.39 is 11.0 Å². The van der Waals surface area contributed by atoms with Crippen molar-refractivity contribution in [1.29, 1.82) is 5.26 Å². The number of hydrogen-bond donors (Lipinski definition) is 0. The number of aromatic nitrogens is 1. The molecule has 44 heavy (non-hydrogen) atoms. The number of carbonyl (C=O) groups is 2. The number of pyridine rings is 1. The molecule has 9 heteroatoms. The summed E-state index contributed by atoms with van der Waals surface area (Å²) < 4.78 is 17.1. The summed E-state index contributed by atoms with van der Waals surface area (Å²) in [5, 5.41) is 9.98. The van der Waals surface area contributed by atoms with Crippen molar-refractivity contribution in [1.82, 2.24) is 9.88 Å². The van der Waals surface area contributed by atoms with E-state index in [9.17, 15) is 14.9 Å². The summed E-state index contributed by atoms with van der Waals surface area (Å²) in [4.78, 5) is 33.9. The number of nitrogens with zero attached hydrogens (tertiary/aromatic N) is 4. The molecule has 1 saturated heterocycles. The summed E-state index contributed by atoms with van der Waals surface area (Å²) in [5.74, 6) is 1.75. The van der Waals surface area contributed by atoms with Gasteiger partial charge in [-0.1, -0.05) is 24.3 Å². The molecule has 3 heterocycles. The van der Waals surface area contributed by atoms with Crippen LogP contribution in [0.1, 0.15) is 55.0 Å². The van der Waals surface area contributed by atoms with E-state index in [1.807, 2.05) is 70.2 Å². The fourth-order valence-corrected chi connectivity index (χ4v) is 6.53. The molecule has 2 aliphatic heterocycles. The Bertz CT molecular complexity index is 1670. The number of methoxy groups -OCH3 is 1. The molecular weight excluding hydrogens is 556 g/mol. The molecule has 6 rings (SSSR count). The number of fused-ring (bicyclic) bond motifs is 2. The van der Waals surface area contributed by atoms with Crippen molar-refractivity contribution in [2.75, 3.05) is 31.6 Å². The molecule has 0 N–H and O–H groups in total. The minimum atomic E-state index is -0.580. The van der Waals surface area contributed by atoms with E-state index in [1.54, 1.807) is 4.90 Å². The van der Waals surface area contributed by atoms with Crippen molar-refractivity contribution in [2.45, 2.75) is 59.3 Å². The summed E-state index contributed by atoms with van der Waals surface area (Å²) in [6.07, 6.45) is 1.15. The first kappa shape index (κ1) is 29.5. The normalized spacial score (nSPS) is 20.3. The van der Waals surface area contributed by atoms with Crippen LogP contribution in [0.15, 0.2) is 48.5 Å². The van der Waals surface area contributed by atoms with Crippen LogP contribution in [0.25, 0.3) is 11.3 Å². The van der Waals surface area contributed by atoms with E-state index >= 15 is 0 Å². The molecule has 2 atom stereocenters. The van der Waals surface area contributed by atoms with Gasteiger partial charge in [0.15, 0.2) is 0 Å². The summed E-state index contributed by atoms with van der Waals surface area (Å²) >= 11 is 0. The lowest BCUT2D eigenvalue weighted by Gasteiger charge is -2.32. The fraction of sp³-hybridized carbons (Fsp3) is 0.429. The number of benzene rings is 2. The molecule has 0 radical (unpaired) electrons. The van der Waals surface area contributed by atoms with Crippen molar-refractivity contribution in [3.05, 3.63) is 76.3 Å². The van der Waals surface area contributed by atoms with Gasteiger partial charge in [-0.15, -0.1) is 0 Å². The van der Waals surface area contributed by atoms with Crippen LogP contribution in [0.4, 0.5) is 10.6 Å². The van der Waals surface area contributed by atoms with E-state index in [-0.39, 0.29) is 18.7 Å². The molecule has 3 aliphatic rings. The minimum absolute atomic E-state index is 0.127. The first-order chi connectivity index (χ1) is 21.0. The molecule has 0 unspecified atom stereocenters. The summed E-state index contributed by atoms with van der Waals surface area (Å²) in [5.41, 5.74) is 5.03. The highest BCUT2D eigenvalue weighted by molar-refractivity contribution is 5.83. The summed E-state index contributed by atoms with van der Waals surface area (Å²) in [6.45, 7) is 10.1. The third-order valence-electron chi connectivity index (χ3n) is 8.84. The quantitative estimate of drug-likeness (QED) is 0.330. The van der Waals surface area contributed by atoms with E-state index in [0.29, 0.717) is 37.5 Å². The van der Waals surface area contributed by atoms with Gasteiger partial charge in [-0.05, 0) is 93.0 Å². The van der Waals surface area contributed by atoms with Gasteiger partial charge in [0.2, 0.25) is 0 Å². The van der Waals surface area contributed by atoms with Gasteiger partial charge in [0.1, 0.15) is 23.8 Å². The Balaban J connectivity index is 1.20. The Morgan fingerprint density at radius 2 is 1.95 bits per heavy atom. The van der Waals surface area contributed by atoms with Crippen molar-refractivity contribution < 1.29 is 23.8 Å². The van der Waals surface area contributed by atoms with Gasteiger partial charge >= 0.3 is 12.1 Å². The highest BCUT2D eigenvalue weighted by Gasteiger charge is 2.66. The number of esters is 1. The lowest BCUT2D eigenvalue weighted by molar-refractivity contribution is -0.146. The van der Waals surface area contributed by atoms with Gasteiger partial charge in [-0.3, -0.25) is 4.79 Å². The van der Waals surface area contributed by atoms with Crippen molar-refractivity contribution >= 4 is 17.9 Å². The predicted molar refractivity (Wildman–Crippen MR) is 165 cm³/mol. The Hall–Kier alpha value is -4.58. The average Bonchev–Trinajstić information content (AvgIpc) is 3.58. The van der Waals surface area contributed by atoms with Crippen molar-refractivity contribution in [2.24, 2.45) is 11.3 Å². The number of carbonyl (C=O) groups excluding carboxylic acids is 2. The van der Waals surface area contributed by atoms with Crippen molar-refractivity contribution in [3.8, 4) is 23.1 Å². The van der Waals surface area contributed by atoms with Crippen LogP contribution in [-0.2, 0) is 33.8 Å². The second-order valence-electron chi connectivity index (χ2n) is 13.1. The first-order valence-electron chi connectivity index (χ1n) is 15.1. The summed E-state index contributed by atoms with van der Waals surface area (Å²) in [7, 11) is 1.46. The van der Waals surface area contributed by atoms with Crippen LogP contribution in [0, 0.1) is 29.6 Å². The standard InChI is InChI=1S/C35H38N4O5/c1-22-8-6-9-27(29-10-7-11-30(37-29)39-18-26-16-35(26,21-39)32(40)42-5)31(22)43-20-23-14-24-12-13-38(33(41)44-34(2,3)4)19-28(24)25(15-23)17-36/h6-11,14-15,26H,12-13,16,18-21H2,1-5H3/t26-,35-/m0/s1. The second-order valence-corrected chi connectivity index (χ2v) is 13.1. The van der Waals surface area contributed by atoms with Gasteiger partial charge in [0.25, 0.3) is 0 Å². The first-order valence-corrected chi connectivity index (χ1v) is 15.1. The number of piperidine rings is 1. The number of amides is 1. The fourth-order valence-electron chi connectivity index (χ4n) is 6.53. The van der Waals surface area contributed by atoms with Crippen LogP contribution in [0.3, 0.4) is 0 Å². The highest BCUT2D eigenvalue weighted by Crippen LogP contribution is 2.59. The number of anilines is 1. The molecule has 0 bridgehead atoms. The molecule has 3 aromatic rings. The minimum Gasteiger partial charge on any atom is -0.488 e. The number of hydrogen-bond acceptors (Lipinski definition) is 8. The second kappa shape index (κ2) is 11.2. The topological polar surface area (TPSA) is 105 Å². The number of ether oxygens (including phenoxy) is 3. The number of para-hydroxylation sites is 1. The monoisotopic (exact) mass is 594 g/mol. The maximum absolute atomic E-state index is 12.7. The maximum atomic E-state index is 12.7.